The molecular weight excluding hydrogens is 340 g/mol. The second-order valence-electron chi connectivity index (χ2n) is 5.17. The van der Waals surface area contributed by atoms with Gasteiger partial charge in [0.1, 0.15) is 16.5 Å². The number of carbonyl (C=O) groups is 2. The zero-order valence-electron chi connectivity index (χ0n) is 14.3. The summed E-state index contributed by atoms with van der Waals surface area (Å²) in [6, 6.07) is 6.90. The zero-order valence-corrected chi connectivity index (χ0v) is 15.1. The van der Waals surface area contributed by atoms with Crippen LogP contribution in [0.25, 0.3) is 0 Å². The average molecular weight is 362 g/mol. The lowest BCUT2D eigenvalue weighted by Crippen LogP contribution is -2.34. The highest BCUT2D eigenvalue weighted by Gasteiger charge is 2.12. The number of rotatable bonds is 8. The van der Waals surface area contributed by atoms with E-state index in [0.29, 0.717) is 41.8 Å². The molecule has 0 spiro atoms. The first-order valence-corrected chi connectivity index (χ1v) is 8.91. The summed E-state index contributed by atoms with van der Waals surface area (Å²) in [5, 5.41) is 5.13. The molecule has 0 atom stereocenters. The van der Waals surface area contributed by atoms with Gasteiger partial charge in [-0.2, -0.15) is 0 Å². The van der Waals surface area contributed by atoms with Crippen molar-refractivity contribution in [2.45, 2.75) is 20.4 Å². The molecule has 2 aromatic rings. The Kier molecular flexibility index (Phi) is 6.91. The minimum absolute atomic E-state index is 0.0367. The van der Waals surface area contributed by atoms with Crippen LogP contribution in [0.4, 0.5) is 5.69 Å². The molecule has 0 radical (unpaired) electrons. The van der Waals surface area contributed by atoms with E-state index in [-0.39, 0.29) is 18.4 Å². The first kappa shape index (κ1) is 18.9. The second-order valence-corrected chi connectivity index (χ2v) is 6.11. The summed E-state index contributed by atoms with van der Waals surface area (Å²) in [6.07, 6.45) is 0. The first-order valence-electron chi connectivity index (χ1n) is 8.03. The van der Waals surface area contributed by atoms with Crippen molar-refractivity contribution in [1.82, 2.24) is 9.88 Å². The number of hydrogen-bond acceptors (Lipinski definition) is 6. The Morgan fingerprint density at radius 3 is 2.72 bits per heavy atom. The van der Waals surface area contributed by atoms with E-state index in [1.807, 2.05) is 13.8 Å². The van der Waals surface area contributed by atoms with Crippen LogP contribution in [0.3, 0.4) is 0 Å². The summed E-state index contributed by atoms with van der Waals surface area (Å²) >= 11 is 1.35. The van der Waals surface area contributed by atoms with Crippen molar-refractivity contribution in [3.05, 3.63) is 40.3 Å². The van der Waals surface area contributed by atoms with Gasteiger partial charge in [-0.05, 0) is 26.0 Å². The Bertz CT molecular complexity index is 728. The monoisotopic (exact) mass is 362 g/mol. The second kappa shape index (κ2) is 9.14. The number of ether oxygens (including phenoxy) is 1. The molecule has 0 aliphatic carbocycles. The largest absolute Gasteiger partial charge is 0.484 e. The number of amides is 2. The molecule has 0 fully saturated rings. The number of likely N-dealkylation sites (N-methyl/N-ethyl adjacent to an activating group) is 1. The molecule has 7 nitrogen and oxygen atoms in total. The normalized spacial score (nSPS) is 10.4. The smallest absolute Gasteiger partial charge is 0.275 e. The highest BCUT2D eigenvalue weighted by atomic mass is 32.1. The molecule has 0 saturated carbocycles. The fourth-order valence-corrected chi connectivity index (χ4v) is 2.84. The lowest BCUT2D eigenvalue weighted by molar-refractivity contribution is -0.132. The van der Waals surface area contributed by atoms with E-state index in [2.05, 4.69) is 10.3 Å². The summed E-state index contributed by atoms with van der Waals surface area (Å²) in [5.41, 5.74) is 6.40. The predicted molar refractivity (Wildman–Crippen MR) is 97.8 cm³/mol. The maximum atomic E-state index is 12.2. The molecule has 3 N–H and O–H groups in total. The van der Waals surface area contributed by atoms with Crippen LogP contribution in [0, 0.1) is 0 Å². The highest BCUT2D eigenvalue weighted by Crippen LogP contribution is 2.19. The van der Waals surface area contributed by atoms with Gasteiger partial charge in [-0.25, -0.2) is 4.98 Å². The van der Waals surface area contributed by atoms with E-state index >= 15 is 0 Å². The van der Waals surface area contributed by atoms with Crippen LogP contribution >= 0.6 is 11.3 Å². The first-order chi connectivity index (χ1) is 12.1. The van der Waals surface area contributed by atoms with Crippen LogP contribution in [0.2, 0.25) is 0 Å². The van der Waals surface area contributed by atoms with Crippen molar-refractivity contribution in [2.75, 3.05) is 25.0 Å². The van der Waals surface area contributed by atoms with Gasteiger partial charge >= 0.3 is 0 Å². The standard InChI is InChI=1S/C17H22N4O3S/c1-3-21(4-2)16(22)10-24-13-7-5-6-12(8-13)19-17(23)14-11-25-15(9-18)20-14/h5-8,11H,3-4,9-10,18H2,1-2H3,(H,19,23). The molecule has 2 rings (SSSR count). The summed E-state index contributed by atoms with van der Waals surface area (Å²) in [7, 11) is 0. The van der Waals surface area contributed by atoms with Gasteiger partial charge < -0.3 is 20.7 Å². The van der Waals surface area contributed by atoms with Crippen LogP contribution in [0.15, 0.2) is 29.6 Å². The number of nitrogens with one attached hydrogen (secondary N) is 1. The maximum absolute atomic E-state index is 12.2. The van der Waals surface area contributed by atoms with Gasteiger partial charge in [-0.1, -0.05) is 6.07 Å². The number of thiazole rings is 1. The van der Waals surface area contributed by atoms with Crippen LogP contribution in [-0.2, 0) is 11.3 Å². The van der Waals surface area contributed by atoms with Crippen molar-refractivity contribution in [3.8, 4) is 5.75 Å². The van der Waals surface area contributed by atoms with Gasteiger partial charge in [-0.3, -0.25) is 9.59 Å². The van der Waals surface area contributed by atoms with Crippen LogP contribution < -0.4 is 15.8 Å². The van der Waals surface area contributed by atoms with E-state index in [9.17, 15) is 9.59 Å². The van der Waals surface area contributed by atoms with Gasteiger partial charge in [0, 0.05) is 36.8 Å². The molecule has 2 amide bonds. The number of benzene rings is 1. The van der Waals surface area contributed by atoms with E-state index in [0.717, 1.165) is 0 Å². The van der Waals surface area contributed by atoms with E-state index < -0.39 is 0 Å². The molecule has 25 heavy (non-hydrogen) atoms. The number of anilines is 1. The Labute approximate surface area is 150 Å². The quantitative estimate of drug-likeness (QED) is 0.749. The van der Waals surface area contributed by atoms with E-state index in [1.54, 1.807) is 34.5 Å². The van der Waals surface area contributed by atoms with Crippen molar-refractivity contribution >= 4 is 28.8 Å². The van der Waals surface area contributed by atoms with Crippen molar-refractivity contribution < 1.29 is 14.3 Å². The molecule has 134 valence electrons. The highest BCUT2D eigenvalue weighted by molar-refractivity contribution is 7.09. The summed E-state index contributed by atoms with van der Waals surface area (Å²) in [6.45, 7) is 5.41. The number of nitrogens with zero attached hydrogens (tertiary/aromatic N) is 2. The van der Waals surface area contributed by atoms with Gasteiger partial charge in [0.25, 0.3) is 11.8 Å². The third-order valence-corrected chi connectivity index (χ3v) is 4.40. The number of nitrogens with two attached hydrogens (primary N) is 1. The van der Waals surface area contributed by atoms with Gasteiger partial charge in [0.2, 0.25) is 0 Å². The summed E-state index contributed by atoms with van der Waals surface area (Å²) < 4.78 is 5.53. The summed E-state index contributed by atoms with van der Waals surface area (Å²) in [4.78, 5) is 30.0. The van der Waals surface area contributed by atoms with E-state index in [4.69, 9.17) is 10.5 Å². The van der Waals surface area contributed by atoms with Gasteiger partial charge in [-0.15, -0.1) is 11.3 Å². The van der Waals surface area contributed by atoms with Crippen LogP contribution in [0.5, 0.6) is 5.75 Å². The zero-order chi connectivity index (χ0) is 18.2. The predicted octanol–water partition coefficient (Wildman–Crippen LogP) is 2.10. The number of carbonyl (C=O) groups excluding carboxylic acids is 2. The molecule has 1 heterocycles. The lowest BCUT2D eigenvalue weighted by atomic mass is 10.3. The topological polar surface area (TPSA) is 97.5 Å². The Morgan fingerprint density at radius 1 is 1.32 bits per heavy atom. The molecule has 0 aliphatic heterocycles. The number of hydrogen-bond donors (Lipinski definition) is 2. The third-order valence-electron chi connectivity index (χ3n) is 3.53. The molecule has 0 aliphatic rings. The molecule has 0 bridgehead atoms. The molecule has 0 unspecified atom stereocenters. The lowest BCUT2D eigenvalue weighted by Gasteiger charge is -2.18. The minimum Gasteiger partial charge on any atom is -0.484 e. The third kappa shape index (κ3) is 5.27. The average Bonchev–Trinajstić information content (AvgIpc) is 3.11. The summed E-state index contributed by atoms with van der Waals surface area (Å²) in [5.74, 6) is 0.128. The molecule has 1 aromatic carbocycles. The Balaban J connectivity index is 1.96. The van der Waals surface area contributed by atoms with Gasteiger partial charge in [0.15, 0.2) is 6.61 Å². The molecule has 1 aromatic heterocycles. The SMILES string of the molecule is CCN(CC)C(=O)COc1cccc(NC(=O)c2csc(CN)n2)c1. The molecule has 8 heteroatoms. The fraction of sp³-hybridized carbons (Fsp3) is 0.353. The van der Waals surface area contributed by atoms with Crippen molar-refractivity contribution in [2.24, 2.45) is 5.73 Å². The minimum atomic E-state index is -0.313. The Hall–Kier alpha value is -2.45. The van der Waals surface area contributed by atoms with E-state index in [1.165, 1.54) is 11.3 Å². The van der Waals surface area contributed by atoms with Crippen molar-refractivity contribution in [1.29, 1.82) is 0 Å². The Morgan fingerprint density at radius 2 is 2.08 bits per heavy atom. The maximum Gasteiger partial charge on any atom is 0.275 e. The van der Waals surface area contributed by atoms with Gasteiger partial charge in [0.05, 0.1) is 0 Å². The fourth-order valence-electron chi connectivity index (χ4n) is 2.18. The molecule has 0 saturated heterocycles. The van der Waals surface area contributed by atoms with Crippen LogP contribution in [0.1, 0.15) is 29.3 Å². The van der Waals surface area contributed by atoms with Crippen LogP contribution in [-0.4, -0.2) is 41.4 Å². The van der Waals surface area contributed by atoms with Crippen molar-refractivity contribution in [3.63, 3.8) is 0 Å². The number of aromatic nitrogens is 1. The molecular formula is C17H22N4O3S.